The Labute approximate surface area is 209 Å². The van der Waals surface area contributed by atoms with E-state index in [2.05, 4.69) is 15.5 Å². The molecule has 10 nitrogen and oxygen atoms in total. The number of allylic oxidation sites excluding steroid dienone is 3. The molecule has 0 saturated carbocycles. The molecular formula is C24H24F3N3O7. The van der Waals surface area contributed by atoms with E-state index >= 15 is 0 Å². The molecule has 2 N–H and O–H groups in total. The van der Waals surface area contributed by atoms with Gasteiger partial charge in [0, 0.05) is 17.7 Å². The second-order valence-corrected chi connectivity index (χ2v) is 8.79. The zero-order chi connectivity index (χ0) is 27.0. The highest BCUT2D eigenvalue weighted by Crippen LogP contribution is 2.40. The summed E-state index contributed by atoms with van der Waals surface area (Å²) in [6.07, 6.45) is -2.12. The number of hydrogen-bond donors (Lipinski definition) is 2. The molecule has 1 fully saturated rings. The number of likely N-dealkylation sites (N-methyl/N-ethyl adjacent to an activating group) is 1. The lowest BCUT2D eigenvalue weighted by Crippen LogP contribution is -2.66. The first-order valence-electron chi connectivity index (χ1n) is 11.4. The summed E-state index contributed by atoms with van der Waals surface area (Å²) in [5.74, 6) is -7.39. The topological polar surface area (TPSA) is 123 Å². The number of rotatable bonds is 4. The predicted molar refractivity (Wildman–Crippen MR) is 119 cm³/mol. The highest BCUT2D eigenvalue weighted by Gasteiger charge is 2.49. The summed E-state index contributed by atoms with van der Waals surface area (Å²) < 4.78 is 43.9. The molecule has 0 amide bonds. The van der Waals surface area contributed by atoms with E-state index in [1.165, 1.54) is 37.2 Å². The Balaban J connectivity index is 1.82. The summed E-state index contributed by atoms with van der Waals surface area (Å²) in [5, 5.41) is 4.10. The summed E-state index contributed by atoms with van der Waals surface area (Å²) in [5.41, 5.74) is 1.20. The molecule has 4 rings (SSSR count). The minimum atomic E-state index is -5.32. The number of nitrogens with one attached hydrogen (secondary N) is 2. The molecule has 1 aliphatic heterocycles. The van der Waals surface area contributed by atoms with E-state index in [0.717, 1.165) is 6.08 Å². The first-order valence-corrected chi connectivity index (χ1v) is 11.4. The normalized spacial score (nSPS) is 26.9. The van der Waals surface area contributed by atoms with Gasteiger partial charge in [0.1, 0.15) is 0 Å². The van der Waals surface area contributed by atoms with Crippen molar-refractivity contribution >= 4 is 23.5 Å². The van der Waals surface area contributed by atoms with Gasteiger partial charge >= 0.3 is 18.1 Å². The maximum absolute atomic E-state index is 13.6. The predicted octanol–water partition coefficient (Wildman–Crippen LogP) is 2.20. The van der Waals surface area contributed by atoms with Crippen LogP contribution in [0.15, 0.2) is 47.9 Å². The molecule has 0 aromatic heterocycles. The third-order valence-corrected chi connectivity index (χ3v) is 6.54. The lowest BCUT2D eigenvalue weighted by Gasteiger charge is -2.42. The number of carbonyl (C=O) groups is 4. The van der Waals surface area contributed by atoms with Crippen molar-refractivity contribution < 1.29 is 46.9 Å². The van der Waals surface area contributed by atoms with E-state index in [0.29, 0.717) is 12.8 Å². The second-order valence-electron chi connectivity index (χ2n) is 8.79. The molecule has 198 valence electrons. The van der Waals surface area contributed by atoms with Crippen LogP contribution in [0, 0.1) is 11.8 Å². The number of ether oxygens (including phenoxy) is 1. The maximum Gasteiger partial charge on any atom is 0.491 e. The fourth-order valence-electron chi connectivity index (χ4n) is 4.38. The highest BCUT2D eigenvalue weighted by molar-refractivity contribution is 6.17. The number of halogens is 3. The van der Waals surface area contributed by atoms with E-state index in [4.69, 9.17) is 9.78 Å². The van der Waals surface area contributed by atoms with Crippen molar-refractivity contribution in [3.8, 4) is 0 Å². The molecule has 2 unspecified atom stereocenters. The van der Waals surface area contributed by atoms with Crippen LogP contribution < -0.4 is 10.7 Å². The molecule has 1 aromatic rings. The first kappa shape index (κ1) is 26.5. The Kier molecular flexibility index (Phi) is 7.22. The van der Waals surface area contributed by atoms with Crippen molar-refractivity contribution in [1.82, 2.24) is 15.8 Å². The molecule has 1 heterocycles. The zero-order valence-corrected chi connectivity index (χ0v) is 19.9. The SMILES string of the molecule is CN[C@@]1(C)C(=O)OOCCCCN1NC1=C(OC(=O)C(F)(F)F)C=CC2C(=O)c3ccccc3C(=O)C12. The number of esters is 1. The summed E-state index contributed by atoms with van der Waals surface area (Å²) >= 11 is 0. The van der Waals surface area contributed by atoms with Gasteiger partial charge in [-0.2, -0.15) is 23.1 Å². The zero-order valence-electron chi connectivity index (χ0n) is 19.9. The molecule has 1 saturated heterocycles. The van der Waals surface area contributed by atoms with Crippen LogP contribution in [-0.2, 0) is 24.1 Å². The highest BCUT2D eigenvalue weighted by atomic mass is 19.4. The number of fused-ring (bicyclic) bond motifs is 2. The van der Waals surface area contributed by atoms with Gasteiger partial charge in [0.15, 0.2) is 23.0 Å². The molecule has 3 aliphatic rings. The number of nitrogens with zero attached hydrogens (tertiary/aromatic N) is 1. The molecule has 0 spiro atoms. The van der Waals surface area contributed by atoms with E-state index in [-0.39, 0.29) is 30.0 Å². The van der Waals surface area contributed by atoms with Crippen LogP contribution in [0.1, 0.15) is 40.5 Å². The van der Waals surface area contributed by atoms with Gasteiger partial charge in [-0.3, -0.25) is 19.8 Å². The van der Waals surface area contributed by atoms with Crippen molar-refractivity contribution in [3.05, 3.63) is 59.0 Å². The van der Waals surface area contributed by atoms with Gasteiger partial charge in [0.25, 0.3) is 0 Å². The number of carbonyl (C=O) groups excluding carboxylic acids is 4. The molecule has 0 bridgehead atoms. The van der Waals surface area contributed by atoms with Crippen molar-refractivity contribution in [3.63, 3.8) is 0 Å². The van der Waals surface area contributed by atoms with Crippen LogP contribution in [0.3, 0.4) is 0 Å². The minimum Gasteiger partial charge on any atom is -0.418 e. The van der Waals surface area contributed by atoms with Crippen LogP contribution in [0.5, 0.6) is 0 Å². The molecular weight excluding hydrogens is 499 g/mol. The quantitative estimate of drug-likeness (QED) is 0.449. The average molecular weight is 523 g/mol. The average Bonchev–Trinajstić information content (AvgIpc) is 2.93. The van der Waals surface area contributed by atoms with E-state index in [1.54, 1.807) is 12.1 Å². The summed E-state index contributed by atoms with van der Waals surface area (Å²) in [6.45, 7) is 1.69. The van der Waals surface area contributed by atoms with Crippen LogP contribution in [-0.4, -0.2) is 60.6 Å². The Bertz CT molecular complexity index is 1200. The lowest BCUT2D eigenvalue weighted by atomic mass is 9.70. The van der Waals surface area contributed by atoms with Gasteiger partial charge in [-0.05, 0) is 32.9 Å². The van der Waals surface area contributed by atoms with Gasteiger partial charge in [-0.15, -0.1) is 0 Å². The van der Waals surface area contributed by atoms with E-state index in [9.17, 15) is 32.3 Å². The van der Waals surface area contributed by atoms with Gasteiger partial charge in [-0.25, -0.2) is 9.59 Å². The van der Waals surface area contributed by atoms with Crippen LogP contribution in [0.4, 0.5) is 13.2 Å². The standard InChI is InChI=1S/C24H24F3N3O7/c1-23(28-2)21(33)37-35-12-6-5-11-30(23)29-18-16(36-22(34)24(25,26)27)10-9-15-17(18)20(32)14-8-4-3-7-13(14)19(15)31/h3-4,7-10,15,17,28-29H,5-6,11-12H2,1-2H3/t15?,17?,23-/m1/s1. The second kappa shape index (κ2) is 10.1. The Morgan fingerprint density at radius 3 is 2.46 bits per heavy atom. The molecule has 1 aromatic carbocycles. The van der Waals surface area contributed by atoms with Gasteiger partial charge < -0.3 is 10.2 Å². The Morgan fingerprint density at radius 2 is 1.81 bits per heavy atom. The van der Waals surface area contributed by atoms with Gasteiger partial charge in [0.05, 0.1) is 24.1 Å². The third kappa shape index (κ3) is 4.89. The molecule has 2 aliphatic carbocycles. The monoisotopic (exact) mass is 523 g/mol. The van der Waals surface area contributed by atoms with Crippen LogP contribution in [0.2, 0.25) is 0 Å². The molecule has 37 heavy (non-hydrogen) atoms. The fraction of sp³-hybridized carbons (Fsp3) is 0.417. The number of alkyl halides is 3. The van der Waals surface area contributed by atoms with Crippen LogP contribution >= 0.6 is 0 Å². The minimum absolute atomic E-state index is 0.0819. The Hall–Kier alpha value is -3.55. The van der Waals surface area contributed by atoms with Crippen molar-refractivity contribution in [2.45, 2.75) is 31.6 Å². The number of hydrazine groups is 1. The van der Waals surface area contributed by atoms with Crippen molar-refractivity contribution in [1.29, 1.82) is 0 Å². The molecule has 3 atom stereocenters. The van der Waals surface area contributed by atoms with E-state index in [1.807, 2.05) is 0 Å². The van der Waals surface area contributed by atoms with Gasteiger partial charge in [-0.1, -0.05) is 30.3 Å². The smallest absolute Gasteiger partial charge is 0.418 e. The van der Waals surface area contributed by atoms with Gasteiger partial charge in [0.2, 0.25) is 0 Å². The largest absolute Gasteiger partial charge is 0.491 e. The number of hydrogen-bond acceptors (Lipinski definition) is 10. The maximum atomic E-state index is 13.6. The molecule has 0 radical (unpaired) electrons. The summed E-state index contributed by atoms with van der Waals surface area (Å²) in [4.78, 5) is 61.1. The Morgan fingerprint density at radius 1 is 1.14 bits per heavy atom. The lowest BCUT2D eigenvalue weighted by molar-refractivity contribution is -0.281. The van der Waals surface area contributed by atoms with E-state index < -0.39 is 52.9 Å². The third-order valence-electron chi connectivity index (χ3n) is 6.54. The van der Waals surface area contributed by atoms with Crippen molar-refractivity contribution in [2.24, 2.45) is 11.8 Å². The number of ketones is 2. The molecule has 13 heteroatoms. The summed E-state index contributed by atoms with van der Waals surface area (Å²) in [7, 11) is 1.45. The number of benzene rings is 1. The van der Waals surface area contributed by atoms with Crippen LogP contribution in [0.25, 0.3) is 0 Å². The fourth-order valence-corrected chi connectivity index (χ4v) is 4.38. The number of Topliss-reactive ketones (excluding diaryl/α,β-unsaturated/α-hetero) is 2. The summed E-state index contributed by atoms with van der Waals surface area (Å²) in [6, 6.07) is 6.08. The van der Waals surface area contributed by atoms with Crippen molar-refractivity contribution in [2.75, 3.05) is 20.2 Å². The first-order chi connectivity index (χ1) is 17.5.